The molecule has 0 radical (unpaired) electrons. The summed E-state index contributed by atoms with van der Waals surface area (Å²) in [6, 6.07) is 5.19. The first kappa shape index (κ1) is 13.5. The summed E-state index contributed by atoms with van der Waals surface area (Å²) in [7, 11) is 0. The van der Waals surface area contributed by atoms with E-state index in [0.29, 0.717) is 0 Å². The summed E-state index contributed by atoms with van der Waals surface area (Å²) in [5.74, 6) is 2.16. The van der Waals surface area contributed by atoms with Gasteiger partial charge in [0.05, 0.1) is 0 Å². The fourth-order valence-corrected chi connectivity index (χ4v) is 3.08. The maximum Gasteiger partial charge on any atom is 0.128 e. The third-order valence-corrected chi connectivity index (χ3v) is 4.89. The van der Waals surface area contributed by atoms with Crippen LogP contribution >= 0.6 is 0 Å². The molecule has 4 heteroatoms. The number of nitrogens with zero attached hydrogens (tertiary/aromatic N) is 3. The van der Waals surface area contributed by atoms with Crippen LogP contribution in [-0.4, -0.2) is 48.6 Å². The number of rotatable bonds is 6. The first-order valence-corrected chi connectivity index (χ1v) is 8.52. The molecule has 0 aromatic carbocycles. The Balaban J connectivity index is 1.27. The number of aromatic nitrogens is 1. The van der Waals surface area contributed by atoms with Crippen molar-refractivity contribution in [3.8, 4) is 0 Å². The maximum atomic E-state index is 4.67. The van der Waals surface area contributed by atoms with E-state index in [1.807, 2.05) is 6.20 Å². The monoisotopic (exact) mass is 286 g/mol. The molecule has 114 valence electrons. The lowest BCUT2D eigenvalue weighted by molar-refractivity contribution is 0.247. The van der Waals surface area contributed by atoms with Gasteiger partial charge >= 0.3 is 0 Å². The Bertz CT molecular complexity index is 456. The molecule has 3 fully saturated rings. The van der Waals surface area contributed by atoms with E-state index in [1.54, 1.807) is 0 Å². The minimum absolute atomic E-state index is 0.768. The molecule has 4 rings (SSSR count). The summed E-state index contributed by atoms with van der Waals surface area (Å²) in [4.78, 5) is 9.73. The highest BCUT2D eigenvalue weighted by Gasteiger charge is 2.26. The van der Waals surface area contributed by atoms with Gasteiger partial charge in [-0.2, -0.15) is 0 Å². The molecular formula is C17H26N4. The van der Waals surface area contributed by atoms with Crippen LogP contribution in [0.4, 0.5) is 5.82 Å². The van der Waals surface area contributed by atoms with Gasteiger partial charge in [0.25, 0.3) is 0 Å². The molecule has 1 aliphatic heterocycles. The van der Waals surface area contributed by atoms with Crippen molar-refractivity contribution in [3.05, 3.63) is 23.9 Å². The Labute approximate surface area is 127 Å². The van der Waals surface area contributed by atoms with Gasteiger partial charge in [-0.3, -0.25) is 4.90 Å². The molecule has 2 saturated carbocycles. The molecule has 4 nitrogen and oxygen atoms in total. The molecule has 2 aliphatic carbocycles. The van der Waals surface area contributed by atoms with E-state index in [2.05, 4.69) is 32.2 Å². The number of hydrogen-bond acceptors (Lipinski definition) is 4. The van der Waals surface area contributed by atoms with E-state index in [9.17, 15) is 0 Å². The van der Waals surface area contributed by atoms with Gasteiger partial charge in [-0.25, -0.2) is 4.98 Å². The molecule has 21 heavy (non-hydrogen) atoms. The maximum absolute atomic E-state index is 4.67. The van der Waals surface area contributed by atoms with Crippen molar-refractivity contribution >= 4 is 5.82 Å². The number of anilines is 1. The van der Waals surface area contributed by atoms with Gasteiger partial charge in [0.2, 0.25) is 0 Å². The highest BCUT2D eigenvalue weighted by atomic mass is 15.3. The molecule has 2 heterocycles. The topological polar surface area (TPSA) is 31.4 Å². The molecule has 1 saturated heterocycles. The molecule has 1 N–H and O–H groups in total. The summed E-state index contributed by atoms with van der Waals surface area (Å²) in [5, 5.41) is 3.54. The Morgan fingerprint density at radius 2 is 1.86 bits per heavy atom. The Hall–Kier alpha value is -1.13. The SMILES string of the molecule is c1cc(N2CCN(CC3CC3)CC2)ncc1CNC1CC1. The minimum atomic E-state index is 0.768. The summed E-state index contributed by atoms with van der Waals surface area (Å²) in [6.45, 7) is 6.94. The number of nitrogens with one attached hydrogen (secondary N) is 1. The van der Waals surface area contributed by atoms with Crippen LogP contribution in [0.2, 0.25) is 0 Å². The Morgan fingerprint density at radius 1 is 1.05 bits per heavy atom. The van der Waals surface area contributed by atoms with Crippen molar-refractivity contribution in [2.45, 2.75) is 38.3 Å². The van der Waals surface area contributed by atoms with Gasteiger partial charge in [-0.1, -0.05) is 6.07 Å². The van der Waals surface area contributed by atoms with Gasteiger partial charge in [0.15, 0.2) is 0 Å². The lowest BCUT2D eigenvalue weighted by atomic mass is 10.2. The van der Waals surface area contributed by atoms with Gasteiger partial charge in [-0.15, -0.1) is 0 Å². The van der Waals surface area contributed by atoms with Crippen LogP contribution in [0.25, 0.3) is 0 Å². The van der Waals surface area contributed by atoms with E-state index in [-0.39, 0.29) is 0 Å². The second-order valence-electron chi connectivity index (χ2n) is 6.91. The molecule has 1 aromatic heterocycles. The van der Waals surface area contributed by atoms with Gasteiger partial charge in [0, 0.05) is 51.5 Å². The predicted molar refractivity (Wildman–Crippen MR) is 85.5 cm³/mol. The van der Waals surface area contributed by atoms with E-state index < -0.39 is 0 Å². The molecule has 1 aromatic rings. The third-order valence-electron chi connectivity index (χ3n) is 4.89. The minimum Gasteiger partial charge on any atom is -0.354 e. The first-order chi connectivity index (χ1) is 10.4. The largest absolute Gasteiger partial charge is 0.354 e. The van der Waals surface area contributed by atoms with Gasteiger partial charge in [-0.05, 0) is 43.2 Å². The summed E-state index contributed by atoms with van der Waals surface area (Å²) in [6.07, 6.45) is 7.64. The Morgan fingerprint density at radius 3 is 2.48 bits per heavy atom. The first-order valence-electron chi connectivity index (χ1n) is 8.52. The summed E-state index contributed by atoms with van der Waals surface area (Å²) < 4.78 is 0. The quantitative estimate of drug-likeness (QED) is 0.865. The van der Waals surface area contributed by atoms with Gasteiger partial charge < -0.3 is 10.2 Å². The van der Waals surface area contributed by atoms with E-state index in [0.717, 1.165) is 37.4 Å². The normalized spacial score (nSPS) is 23.5. The fourth-order valence-electron chi connectivity index (χ4n) is 3.08. The van der Waals surface area contributed by atoms with Crippen LogP contribution in [0.1, 0.15) is 31.2 Å². The van der Waals surface area contributed by atoms with Crippen molar-refractivity contribution < 1.29 is 0 Å². The zero-order valence-electron chi connectivity index (χ0n) is 12.8. The molecule has 0 amide bonds. The van der Waals surface area contributed by atoms with Crippen LogP contribution in [0.5, 0.6) is 0 Å². The number of piperazine rings is 1. The predicted octanol–water partition coefficient (Wildman–Crippen LogP) is 1.87. The van der Waals surface area contributed by atoms with Crippen LogP contribution < -0.4 is 10.2 Å². The van der Waals surface area contributed by atoms with Crippen LogP contribution in [0.3, 0.4) is 0 Å². The highest BCUT2D eigenvalue weighted by molar-refractivity contribution is 5.40. The molecular weight excluding hydrogens is 260 g/mol. The number of hydrogen-bond donors (Lipinski definition) is 1. The molecule has 0 atom stereocenters. The zero-order valence-corrected chi connectivity index (χ0v) is 12.8. The van der Waals surface area contributed by atoms with Crippen molar-refractivity contribution in [2.75, 3.05) is 37.6 Å². The van der Waals surface area contributed by atoms with Crippen LogP contribution in [0, 0.1) is 5.92 Å². The second kappa shape index (κ2) is 5.93. The van der Waals surface area contributed by atoms with Crippen LogP contribution in [0.15, 0.2) is 18.3 Å². The molecule has 0 spiro atoms. The average molecular weight is 286 g/mol. The van der Waals surface area contributed by atoms with E-state index >= 15 is 0 Å². The number of pyridine rings is 1. The molecule has 3 aliphatic rings. The Kier molecular flexibility index (Phi) is 3.82. The lowest BCUT2D eigenvalue weighted by Crippen LogP contribution is -2.47. The summed E-state index contributed by atoms with van der Waals surface area (Å²) >= 11 is 0. The highest BCUT2D eigenvalue weighted by Crippen LogP contribution is 2.30. The standard InChI is InChI=1S/C17H26N4/c1-2-14(1)13-20-7-9-21(10-8-20)17-6-3-15(12-19-17)11-18-16-4-5-16/h3,6,12,14,16,18H,1-2,4-5,7-11,13H2. The van der Waals surface area contributed by atoms with Crippen molar-refractivity contribution in [1.82, 2.24) is 15.2 Å². The molecule has 0 unspecified atom stereocenters. The smallest absolute Gasteiger partial charge is 0.128 e. The molecule has 0 bridgehead atoms. The van der Waals surface area contributed by atoms with Crippen molar-refractivity contribution in [3.63, 3.8) is 0 Å². The average Bonchev–Trinajstić information content (AvgIpc) is 3.42. The van der Waals surface area contributed by atoms with Crippen molar-refractivity contribution in [1.29, 1.82) is 0 Å². The van der Waals surface area contributed by atoms with Crippen molar-refractivity contribution in [2.24, 2.45) is 5.92 Å². The van der Waals surface area contributed by atoms with E-state index in [1.165, 1.54) is 50.9 Å². The van der Waals surface area contributed by atoms with Crippen LogP contribution in [-0.2, 0) is 6.54 Å². The zero-order chi connectivity index (χ0) is 14.1. The van der Waals surface area contributed by atoms with E-state index in [4.69, 9.17) is 0 Å². The second-order valence-corrected chi connectivity index (χ2v) is 6.91. The third kappa shape index (κ3) is 3.74. The lowest BCUT2D eigenvalue weighted by Gasteiger charge is -2.35. The fraction of sp³-hybridized carbons (Fsp3) is 0.706. The summed E-state index contributed by atoms with van der Waals surface area (Å²) in [5.41, 5.74) is 1.30. The van der Waals surface area contributed by atoms with Gasteiger partial charge in [0.1, 0.15) is 5.82 Å².